The number of hydrogen-bond donors (Lipinski definition) is 1. The number of nitrogens with zero attached hydrogens (tertiary/aromatic N) is 1. The summed E-state index contributed by atoms with van der Waals surface area (Å²) in [7, 11) is -1.50. The fourth-order valence-electron chi connectivity index (χ4n) is 2.12. The largest absolute Gasteiger partial charge is 0.303 e. The van der Waals surface area contributed by atoms with Crippen LogP contribution in [0.4, 0.5) is 0 Å². The second-order valence-electron chi connectivity index (χ2n) is 5.45. The van der Waals surface area contributed by atoms with Crippen molar-refractivity contribution in [3.05, 3.63) is 42.5 Å². The van der Waals surface area contributed by atoms with Crippen LogP contribution in [-0.4, -0.2) is 39.5 Å². The fourth-order valence-corrected chi connectivity index (χ4v) is 3.37. The van der Waals surface area contributed by atoms with Crippen molar-refractivity contribution in [2.45, 2.75) is 24.8 Å². The van der Waals surface area contributed by atoms with E-state index in [1.54, 1.807) is 12.1 Å². The third-order valence-corrected chi connectivity index (χ3v) is 5.20. The summed E-state index contributed by atoms with van der Waals surface area (Å²) in [4.78, 5) is 2.44. The molecule has 0 unspecified atom stereocenters. The first-order chi connectivity index (χ1) is 9.92. The predicted octanol–water partition coefficient (Wildman–Crippen LogP) is 2.46. The van der Waals surface area contributed by atoms with Crippen molar-refractivity contribution in [1.29, 1.82) is 0 Å². The number of likely N-dealkylation sites (N-methyl/N-ethyl adjacent to an activating group) is 1. The van der Waals surface area contributed by atoms with Gasteiger partial charge in [-0.15, -0.1) is 0 Å². The molecular weight excluding hydrogens is 284 g/mol. The lowest BCUT2D eigenvalue weighted by atomic mass is 10.1. The van der Waals surface area contributed by atoms with Gasteiger partial charge in [-0.25, -0.2) is 13.1 Å². The molecule has 0 saturated carbocycles. The minimum absolute atomic E-state index is 0.341. The van der Waals surface area contributed by atoms with E-state index in [9.17, 15) is 8.42 Å². The number of benzene rings is 2. The minimum Gasteiger partial charge on any atom is -0.303 e. The summed E-state index contributed by atoms with van der Waals surface area (Å²) in [6, 6.07) is 13.3. The van der Waals surface area contributed by atoms with Crippen molar-refractivity contribution in [2.75, 3.05) is 20.1 Å². The van der Waals surface area contributed by atoms with Crippen LogP contribution in [0.25, 0.3) is 10.8 Å². The molecule has 0 aliphatic rings. The Morgan fingerprint density at radius 2 is 1.76 bits per heavy atom. The summed E-state index contributed by atoms with van der Waals surface area (Å²) in [6.07, 6.45) is 0. The number of hydrogen-bond acceptors (Lipinski definition) is 3. The van der Waals surface area contributed by atoms with Crippen molar-refractivity contribution in [3.8, 4) is 0 Å². The molecule has 0 heterocycles. The SMILES string of the molecule is CC(C)N(C)CCNS(=O)(=O)c1cccc2ccccc12. The van der Waals surface area contributed by atoms with E-state index < -0.39 is 10.0 Å². The summed E-state index contributed by atoms with van der Waals surface area (Å²) in [5.74, 6) is 0. The summed E-state index contributed by atoms with van der Waals surface area (Å²) in [6.45, 7) is 5.25. The summed E-state index contributed by atoms with van der Waals surface area (Å²) in [5, 5.41) is 1.68. The second kappa shape index (κ2) is 6.56. The zero-order valence-electron chi connectivity index (χ0n) is 12.7. The standard InChI is InChI=1S/C16H22N2O2S/c1-13(2)18(3)12-11-17-21(19,20)16-10-6-8-14-7-4-5-9-15(14)16/h4-10,13,17H,11-12H2,1-3H3. The maximum absolute atomic E-state index is 12.5. The lowest BCUT2D eigenvalue weighted by Crippen LogP contribution is -2.36. The highest BCUT2D eigenvalue weighted by Gasteiger charge is 2.16. The van der Waals surface area contributed by atoms with Gasteiger partial charge in [-0.05, 0) is 32.3 Å². The van der Waals surface area contributed by atoms with E-state index in [0.717, 1.165) is 10.8 Å². The van der Waals surface area contributed by atoms with Gasteiger partial charge in [-0.3, -0.25) is 0 Å². The van der Waals surface area contributed by atoms with Gasteiger partial charge in [0.05, 0.1) is 4.90 Å². The molecule has 2 rings (SSSR count). The first kappa shape index (κ1) is 15.9. The van der Waals surface area contributed by atoms with Gasteiger partial charge in [0.2, 0.25) is 10.0 Å². The Hall–Kier alpha value is -1.43. The van der Waals surface area contributed by atoms with Crippen LogP contribution in [0, 0.1) is 0 Å². The molecule has 0 aliphatic heterocycles. The highest BCUT2D eigenvalue weighted by molar-refractivity contribution is 7.89. The normalized spacial score (nSPS) is 12.4. The number of rotatable bonds is 6. The topological polar surface area (TPSA) is 49.4 Å². The Balaban J connectivity index is 2.19. The Morgan fingerprint density at radius 3 is 2.48 bits per heavy atom. The molecule has 21 heavy (non-hydrogen) atoms. The van der Waals surface area contributed by atoms with Crippen LogP contribution < -0.4 is 4.72 Å². The molecule has 1 N–H and O–H groups in total. The first-order valence-electron chi connectivity index (χ1n) is 7.09. The summed E-state index contributed by atoms with van der Waals surface area (Å²) >= 11 is 0. The average molecular weight is 306 g/mol. The van der Waals surface area contributed by atoms with E-state index >= 15 is 0 Å². The molecule has 0 atom stereocenters. The fraction of sp³-hybridized carbons (Fsp3) is 0.375. The van der Waals surface area contributed by atoms with E-state index in [-0.39, 0.29) is 0 Å². The van der Waals surface area contributed by atoms with Crippen molar-refractivity contribution in [1.82, 2.24) is 9.62 Å². The maximum atomic E-state index is 12.5. The molecule has 0 fully saturated rings. The van der Waals surface area contributed by atoms with Gasteiger partial charge in [0.25, 0.3) is 0 Å². The molecule has 2 aromatic carbocycles. The molecule has 114 valence electrons. The van der Waals surface area contributed by atoms with Gasteiger partial charge in [0.1, 0.15) is 0 Å². The molecule has 0 spiro atoms. The molecule has 5 heteroatoms. The lowest BCUT2D eigenvalue weighted by molar-refractivity contribution is 0.278. The zero-order valence-corrected chi connectivity index (χ0v) is 13.5. The van der Waals surface area contributed by atoms with E-state index in [2.05, 4.69) is 23.5 Å². The number of nitrogens with one attached hydrogen (secondary N) is 1. The number of fused-ring (bicyclic) bond motifs is 1. The molecule has 4 nitrogen and oxygen atoms in total. The highest BCUT2D eigenvalue weighted by atomic mass is 32.2. The molecule has 0 radical (unpaired) electrons. The molecule has 0 aliphatic carbocycles. The van der Waals surface area contributed by atoms with Crippen molar-refractivity contribution >= 4 is 20.8 Å². The third kappa shape index (κ3) is 3.81. The molecule has 0 saturated heterocycles. The monoisotopic (exact) mass is 306 g/mol. The van der Waals surface area contributed by atoms with Crippen LogP contribution in [0.1, 0.15) is 13.8 Å². The quantitative estimate of drug-likeness (QED) is 0.892. The van der Waals surface area contributed by atoms with Gasteiger partial charge in [0.15, 0.2) is 0 Å². The van der Waals surface area contributed by atoms with Crippen LogP contribution in [-0.2, 0) is 10.0 Å². The van der Waals surface area contributed by atoms with Crippen LogP contribution in [0.15, 0.2) is 47.4 Å². The van der Waals surface area contributed by atoms with E-state index in [1.165, 1.54) is 0 Å². The number of sulfonamides is 1. The highest BCUT2D eigenvalue weighted by Crippen LogP contribution is 2.22. The molecule has 0 aromatic heterocycles. The summed E-state index contributed by atoms with van der Waals surface area (Å²) in [5.41, 5.74) is 0. The predicted molar refractivity (Wildman–Crippen MR) is 86.9 cm³/mol. The smallest absolute Gasteiger partial charge is 0.241 e. The van der Waals surface area contributed by atoms with E-state index in [1.807, 2.05) is 37.4 Å². The molecule has 2 aromatic rings. The van der Waals surface area contributed by atoms with Crippen molar-refractivity contribution < 1.29 is 8.42 Å². The molecule has 0 amide bonds. The maximum Gasteiger partial charge on any atom is 0.241 e. The molecular formula is C16H22N2O2S. The zero-order chi connectivity index (χ0) is 15.5. The van der Waals surface area contributed by atoms with Gasteiger partial charge in [-0.1, -0.05) is 36.4 Å². The van der Waals surface area contributed by atoms with Crippen molar-refractivity contribution in [3.63, 3.8) is 0 Å². The van der Waals surface area contributed by atoms with Gasteiger partial charge >= 0.3 is 0 Å². The Bertz CT molecular complexity index is 706. The summed E-state index contributed by atoms with van der Waals surface area (Å²) < 4.78 is 27.6. The lowest BCUT2D eigenvalue weighted by Gasteiger charge is -2.21. The third-order valence-electron chi connectivity index (χ3n) is 3.68. The van der Waals surface area contributed by atoms with E-state index in [4.69, 9.17) is 0 Å². The average Bonchev–Trinajstić information content (AvgIpc) is 2.46. The second-order valence-corrected chi connectivity index (χ2v) is 7.18. The van der Waals surface area contributed by atoms with Crippen molar-refractivity contribution in [2.24, 2.45) is 0 Å². The minimum atomic E-state index is -3.48. The van der Waals surface area contributed by atoms with Crippen LogP contribution in [0.3, 0.4) is 0 Å². The Kier molecular flexibility index (Phi) is 4.98. The van der Waals surface area contributed by atoms with Gasteiger partial charge in [-0.2, -0.15) is 0 Å². The molecule has 0 bridgehead atoms. The van der Waals surface area contributed by atoms with Crippen LogP contribution in [0.5, 0.6) is 0 Å². The van der Waals surface area contributed by atoms with Gasteiger partial charge in [0, 0.05) is 24.5 Å². The van der Waals surface area contributed by atoms with Crippen LogP contribution in [0.2, 0.25) is 0 Å². The van der Waals surface area contributed by atoms with E-state index in [0.29, 0.717) is 24.0 Å². The Morgan fingerprint density at radius 1 is 1.10 bits per heavy atom. The van der Waals surface area contributed by atoms with Gasteiger partial charge < -0.3 is 4.90 Å². The van der Waals surface area contributed by atoms with Crippen LogP contribution >= 0.6 is 0 Å². The first-order valence-corrected chi connectivity index (χ1v) is 8.58. The Labute approximate surface area is 126 Å².